The van der Waals surface area contributed by atoms with E-state index >= 15 is 0 Å². The second kappa shape index (κ2) is 6.12. The number of amides is 1. The molecule has 1 aliphatic rings. The standard InChI is InChI=1S/C10H18ClNO2/c1-2-9-3-6-12(7-4-9)10(13)14-8-5-11/h9H,2-8H2,1H3. The highest BCUT2D eigenvalue weighted by atomic mass is 35.5. The van der Waals surface area contributed by atoms with Crippen molar-refractivity contribution in [1.29, 1.82) is 0 Å². The predicted octanol–water partition coefficient (Wildman–Crippen LogP) is 2.48. The lowest BCUT2D eigenvalue weighted by Crippen LogP contribution is -2.38. The van der Waals surface area contributed by atoms with Crippen molar-refractivity contribution < 1.29 is 9.53 Å². The second-order valence-electron chi connectivity index (χ2n) is 3.64. The second-order valence-corrected chi connectivity index (χ2v) is 4.02. The largest absolute Gasteiger partial charge is 0.448 e. The van der Waals surface area contributed by atoms with Gasteiger partial charge in [-0.05, 0) is 18.8 Å². The maximum Gasteiger partial charge on any atom is 0.409 e. The Morgan fingerprint density at radius 3 is 2.64 bits per heavy atom. The van der Waals surface area contributed by atoms with Gasteiger partial charge in [-0.2, -0.15) is 0 Å². The Labute approximate surface area is 90.4 Å². The molecule has 1 heterocycles. The van der Waals surface area contributed by atoms with Crippen LogP contribution < -0.4 is 0 Å². The molecular weight excluding hydrogens is 202 g/mol. The number of alkyl halides is 1. The minimum atomic E-state index is -0.208. The average Bonchev–Trinajstić information content (AvgIpc) is 2.26. The van der Waals surface area contributed by atoms with Gasteiger partial charge in [0.05, 0.1) is 5.88 Å². The van der Waals surface area contributed by atoms with Gasteiger partial charge in [-0.25, -0.2) is 4.79 Å². The number of hydrogen-bond acceptors (Lipinski definition) is 2. The van der Waals surface area contributed by atoms with Gasteiger partial charge in [-0.15, -0.1) is 11.6 Å². The van der Waals surface area contributed by atoms with Crippen molar-refractivity contribution in [2.75, 3.05) is 25.6 Å². The summed E-state index contributed by atoms with van der Waals surface area (Å²) in [5, 5.41) is 0. The highest BCUT2D eigenvalue weighted by Crippen LogP contribution is 2.20. The van der Waals surface area contributed by atoms with Crippen LogP contribution in [0.3, 0.4) is 0 Å². The molecule has 0 spiro atoms. The Hall–Kier alpha value is -0.440. The van der Waals surface area contributed by atoms with Gasteiger partial charge in [-0.3, -0.25) is 0 Å². The molecule has 1 rings (SSSR count). The summed E-state index contributed by atoms with van der Waals surface area (Å²) in [5.41, 5.74) is 0. The first-order chi connectivity index (χ1) is 6.77. The van der Waals surface area contributed by atoms with Gasteiger partial charge in [0.25, 0.3) is 0 Å². The van der Waals surface area contributed by atoms with Crippen molar-refractivity contribution in [3.05, 3.63) is 0 Å². The molecule has 0 unspecified atom stereocenters. The third-order valence-corrected chi connectivity index (χ3v) is 2.91. The molecule has 0 N–H and O–H groups in total. The Morgan fingerprint density at radius 1 is 1.50 bits per heavy atom. The molecule has 4 heteroatoms. The molecule has 0 saturated carbocycles. The van der Waals surface area contributed by atoms with Gasteiger partial charge in [0, 0.05) is 13.1 Å². The molecule has 82 valence electrons. The molecular formula is C10H18ClNO2. The molecule has 0 bridgehead atoms. The average molecular weight is 220 g/mol. The normalized spacial score (nSPS) is 18.3. The lowest BCUT2D eigenvalue weighted by molar-refractivity contribution is 0.0919. The molecule has 1 amide bonds. The summed E-state index contributed by atoms with van der Waals surface area (Å²) >= 11 is 5.43. The van der Waals surface area contributed by atoms with Crippen LogP contribution >= 0.6 is 11.6 Å². The van der Waals surface area contributed by atoms with E-state index in [2.05, 4.69) is 6.92 Å². The van der Waals surface area contributed by atoms with E-state index in [9.17, 15) is 4.79 Å². The Morgan fingerprint density at radius 2 is 2.14 bits per heavy atom. The van der Waals surface area contributed by atoms with Gasteiger partial charge < -0.3 is 9.64 Å². The van der Waals surface area contributed by atoms with Crippen LogP contribution in [0.5, 0.6) is 0 Å². The summed E-state index contributed by atoms with van der Waals surface area (Å²) in [6.07, 6.45) is 3.21. The van der Waals surface area contributed by atoms with Crippen molar-refractivity contribution in [3.63, 3.8) is 0 Å². The summed E-state index contributed by atoms with van der Waals surface area (Å²) in [5.74, 6) is 1.16. The smallest absolute Gasteiger partial charge is 0.409 e. The minimum absolute atomic E-state index is 0.208. The number of likely N-dealkylation sites (tertiary alicyclic amines) is 1. The van der Waals surface area contributed by atoms with Crippen molar-refractivity contribution in [2.45, 2.75) is 26.2 Å². The van der Waals surface area contributed by atoms with Gasteiger partial charge >= 0.3 is 6.09 Å². The van der Waals surface area contributed by atoms with Gasteiger partial charge in [0.15, 0.2) is 0 Å². The van der Waals surface area contributed by atoms with Crippen LogP contribution in [0.2, 0.25) is 0 Å². The first kappa shape index (κ1) is 11.6. The molecule has 0 aromatic carbocycles. The number of rotatable bonds is 3. The van der Waals surface area contributed by atoms with E-state index in [1.807, 2.05) is 0 Å². The fourth-order valence-electron chi connectivity index (χ4n) is 1.74. The molecule has 0 atom stereocenters. The first-order valence-electron chi connectivity index (χ1n) is 5.25. The first-order valence-corrected chi connectivity index (χ1v) is 5.79. The number of nitrogens with zero attached hydrogens (tertiary/aromatic N) is 1. The maximum atomic E-state index is 11.4. The third kappa shape index (κ3) is 3.37. The van der Waals surface area contributed by atoms with E-state index in [1.165, 1.54) is 6.42 Å². The Bertz CT molecular complexity index is 179. The van der Waals surface area contributed by atoms with Crippen molar-refractivity contribution in [1.82, 2.24) is 4.90 Å². The zero-order valence-corrected chi connectivity index (χ0v) is 9.42. The fourth-order valence-corrected chi connectivity index (χ4v) is 1.82. The summed E-state index contributed by atoms with van der Waals surface area (Å²) in [7, 11) is 0. The van der Waals surface area contributed by atoms with Crippen LogP contribution in [0.25, 0.3) is 0 Å². The zero-order valence-electron chi connectivity index (χ0n) is 8.67. The van der Waals surface area contributed by atoms with Crippen LogP contribution in [-0.2, 0) is 4.74 Å². The predicted molar refractivity (Wildman–Crippen MR) is 56.7 cm³/mol. The lowest BCUT2D eigenvalue weighted by atomic mass is 9.95. The van der Waals surface area contributed by atoms with Crippen molar-refractivity contribution in [3.8, 4) is 0 Å². The molecule has 0 radical (unpaired) electrons. The summed E-state index contributed by atoms with van der Waals surface area (Å²) in [6.45, 7) is 4.18. The Balaban J connectivity index is 2.23. The number of carbonyl (C=O) groups excluding carboxylic acids is 1. The molecule has 1 saturated heterocycles. The van der Waals surface area contributed by atoms with Gasteiger partial charge in [0.2, 0.25) is 0 Å². The number of halogens is 1. The van der Waals surface area contributed by atoms with Gasteiger partial charge in [0.1, 0.15) is 6.61 Å². The third-order valence-electron chi connectivity index (χ3n) is 2.75. The number of carbonyl (C=O) groups is 1. The highest BCUT2D eigenvalue weighted by molar-refractivity contribution is 6.18. The summed E-state index contributed by atoms with van der Waals surface area (Å²) < 4.78 is 4.95. The van der Waals surface area contributed by atoms with Crippen LogP contribution in [0.4, 0.5) is 4.79 Å². The lowest BCUT2D eigenvalue weighted by Gasteiger charge is -2.30. The molecule has 3 nitrogen and oxygen atoms in total. The molecule has 14 heavy (non-hydrogen) atoms. The number of ether oxygens (including phenoxy) is 1. The van der Waals surface area contributed by atoms with Crippen LogP contribution in [0.15, 0.2) is 0 Å². The SMILES string of the molecule is CCC1CCN(C(=O)OCCCl)CC1. The fraction of sp³-hybridized carbons (Fsp3) is 0.900. The molecule has 0 aromatic rings. The molecule has 0 aromatic heterocycles. The van der Waals surface area contributed by atoms with E-state index in [-0.39, 0.29) is 6.09 Å². The molecule has 0 aliphatic carbocycles. The van der Waals surface area contributed by atoms with Crippen molar-refractivity contribution >= 4 is 17.7 Å². The van der Waals surface area contributed by atoms with Gasteiger partial charge in [-0.1, -0.05) is 13.3 Å². The van der Waals surface area contributed by atoms with E-state index in [1.54, 1.807) is 4.90 Å². The Kier molecular flexibility index (Phi) is 5.09. The van der Waals surface area contributed by atoms with E-state index in [0.717, 1.165) is 31.8 Å². The highest BCUT2D eigenvalue weighted by Gasteiger charge is 2.22. The zero-order chi connectivity index (χ0) is 10.4. The topological polar surface area (TPSA) is 29.5 Å². The van der Waals surface area contributed by atoms with Crippen LogP contribution in [0, 0.1) is 5.92 Å². The number of piperidine rings is 1. The summed E-state index contributed by atoms with van der Waals surface area (Å²) in [4.78, 5) is 13.2. The molecule has 1 aliphatic heterocycles. The van der Waals surface area contributed by atoms with Crippen molar-refractivity contribution in [2.24, 2.45) is 5.92 Å². The van der Waals surface area contributed by atoms with E-state index < -0.39 is 0 Å². The minimum Gasteiger partial charge on any atom is -0.448 e. The monoisotopic (exact) mass is 219 g/mol. The quantitative estimate of drug-likeness (QED) is 0.683. The number of hydrogen-bond donors (Lipinski definition) is 0. The summed E-state index contributed by atoms with van der Waals surface area (Å²) in [6, 6.07) is 0. The van der Waals surface area contributed by atoms with E-state index in [4.69, 9.17) is 16.3 Å². The molecule has 1 fully saturated rings. The van der Waals surface area contributed by atoms with Crippen LogP contribution in [0.1, 0.15) is 26.2 Å². The van der Waals surface area contributed by atoms with Crippen LogP contribution in [-0.4, -0.2) is 36.6 Å². The maximum absolute atomic E-state index is 11.4. The van der Waals surface area contributed by atoms with E-state index in [0.29, 0.717) is 12.5 Å².